The van der Waals surface area contributed by atoms with E-state index in [1.54, 1.807) is 0 Å². The smallest absolute Gasteiger partial charge is 0.159 e. The first-order valence-corrected chi connectivity index (χ1v) is 19.5. The van der Waals surface area contributed by atoms with Crippen LogP contribution in [0, 0.1) is 0 Å². The highest BCUT2D eigenvalue weighted by Gasteiger charge is 2.25. The number of fused-ring (bicyclic) bond motifs is 6. The fourth-order valence-electron chi connectivity index (χ4n) is 8.63. The second-order valence-corrected chi connectivity index (χ2v) is 14.8. The summed E-state index contributed by atoms with van der Waals surface area (Å²) in [5.41, 5.74) is 15.2. The Labute approximate surface area is 330 Å². The number of rotatable bonds is 6. The van der Waals surface area contributed by atoms with Gasteiger partial charge in [-0.3, -0.25) is 0 Å². The quantitative estimate of drug-likeness (QED) is 0.185. The molecule has 0 bridgehead atoms. The predicted molar refractivity (Wildman–Crippen MR) is 237 cm³/mol. The van der Waals surface area contributed by atoms with Gasteiger partial charge < -0.3 is 14.3 Å². The molecule has 0 amide bonds. The van der Waals surface area contributed by atoms with E-state index in [2.05, 4.69) is 205 Å². The largest absolute Gasteiger partial charge is 0.454 e. The maximum Gasteiger partial charge on any atom is 0.159 e. The number of aromatic nitrogens is 1. The number of aliphatic imine (C=N–C) groups is 1. The molecule has 270 valence electrons. The summed E-state index contributed by atoms with van der Waals surface area (Å²) in [6, 6.07) is 68.9. The molecule has 1 atom stereocenters. The highest BCUT2D eigenvalue weighted by atomic mass is 16.3. The summed E-state index contributed by atoms with van der Waals surface area (Å²) in [5.74, 6) is 0.862. The van der Waals surface area contributed by atoms with E-state index >= 15 is 0 Å². The molecule has 1 N–H and O–H groups in total. The summed E-state index contributed by atoms with van der Waals surface area (Å²) in [7, 11) is 0. The van der Waals surface area contributed by atoms with Crippen LogP contribution in [0.2, 0.25) is 0 Å². The summed E-state index contributed by atoms with van der Waals surface area (Å²) in [5, 5.41) is 8.40. The Morgan fingerprint density at radius 3 is 1.82 bits per heavy atom. The SMILES string of the molecule is CC1=C(c2ccccc2)N=C(c2ccc(-c3ccc4c(c3)oc3c(-n5c6ccccc6c6ccc(-c7ccccc7)cc65)cccc34)cc2)NC1c1ccccc1. The molecule has 1 unspecified atom stereocenters. The second-order valence-electron chi connectivity index (χ2n) is 14.8. The van der Waals surface area contributed by atoms with Crippen molar-refractivity contribution in [3.05, 3.63) is 216 Å². The average molecular weight is 732 g/mol. The molecule has 57 heavy (non-hydrogen) atoms. The fourth-order valence-corrected chi connectivity index (χ4v) is 8.63. The maximum atomic E-state index is 6.86. The van der Waals surface area contributed by atoms with Crippen molar-refractivity contribution in [1.29, 1.82) is 0 Å². The van der Waals surface area contributed by atoms with Crippen LogP contribution >= 0.6 is 0 Å². The molecule has 0 spiro atoms. The van der Waals surface area contributed by atoms with E-state index in [0.29, 0.717) is 0 Å². The zero-order chi connectivity index (χ0) is 37.9. The number of nitrogens with one attached hydrogen (secondary N) is 1. The Morgan fingerprint density at radius 1 is 0.474 bits per heavy atom. The van der Waals surface area contributed by atoms with Crippen LogP contribution in [0.15, 0.2) is 209 Å². The van der Waals surface area contributed by atoms with Crippen LogP contribution in [0.1, 0.15) is 29.7 Å². The topological polar surface area (TPSA) is 42.5 Å². The molecule has 0 saturated heterocycles. The first-order valence-electron chi connectivity index (χ1n) is 19.5. The maximum absolute atomic E-state index is 6.86. The Bertz CT molecular complexity index is 3190. The van der Waals surface area contributed by atoms with Gasteiger partial charge in [0, 0.05) is 32.7 Å². The molecule has 4 nitrogen and oxygen atoms in total. The molecule has 1 aliphatic heterocycles. The van der Waals surface area contributed by atoms with Crippen LogP contribution in [-0.2, 0) is 0 Å². The van der Waals surface area contributed by atoms with Crippen LogP contribution in [0.25, 0.3) is 77.4 Å². The number of amidine groups is 1. The summed E-state index contributed by atoms with van der Waals surface area (Å²) < 4.78 is 9.23. The van der Waals surface area contributed by atoms with Crippen molar-refractivity contribution in [3.8, 4) is 27.9 Å². The standard InChI is InChI=1S/C53H37N3O/c1-34-50(37-16-7-3-8-17-37)54-53(55-51(34)38-18-9-4-10-19-38)39-26-24-36(25-27-39)41-29-31-44-45-21-13-23-47(52(45)57-49(44)33-41)56-46-22-12-11-20-42(46)43-30-28-40(32-48(43)56)35-14-5-2-6-15-35/h2-33,50H,1H3,(H,54,55). The summed E-state index contributed by atoms with van der Waals surface area (Å²) in [4.78, 5) is 5.20. The van der Waals surface area contributed by atoms with Gasteiger partial charge in [-0.25, -0.2) is 4.99 Å². The van der Waals surface area contributed by atoms with Gasteiger partial charge in [-0.05, 0) is 70.6 Å². The minimum absolute atomic E-state index is 0.0161. The minimum Gasteiger partial charge on any atom is -0.454 e. The van der Waals surface area contributed by atoms with Gasteiger partial charge >= 0.3 is 0 Å². The number of benzene rings is 8. The third kappa shape index (κ3) is 5.57. The minimum atomic E-state index is 0.0161. The van der Waals surface area contributed by atoms with Crippen molar-refractivity contribution in [2.24, 2.45) is 4.99 Å². The fraction of sp³-hybridized carbons (Fsp3) is 0.0377. The molecule has 0 radical (unpaired) electrons. The zero-order valence-electron chi connectivity index (χ0n) is 31.4. The molecule has 3 heterocycles. The predicted octanol–water partition coefficient (Wildman–Crippen LogP) is 13.5. The van der Waals surface area contributed by atoms with E-state index in [-0.39, 0.29) is 6.04 Å². The normalized spacial score (nSPS) is 14.4. The Morgan fingerprint density at radius 2 is 1.05 bits per heavy atom. The lowest BCUT2D eigenvalue weighted by atomic mass is 9.93. The van der Waals surface area contributed by atoms with Crippen molar-refractivity contribution < 1.29 is 4.42 Å². The van der Waals surface area contributed by atoms with E-state index < -0.39 is 0 Å². The number of furan rings is 1. The number of nitrogens with zero attached hydrogens (tertiary/aromatic N) is 2. The van der Waals surface area contributed by atoms with Gasteiger partial charge in [-0.15, -0.1) is 0 Å². The summed E-state index contributed by atoms with van der Waals surface area (Å²) in [6.45, 7) is 2.18. The van der Waals surface area contributed by atoms with Crippen molar-refractivity contribution in [3.63, 3.8) is 0 Å². The van der Waals surface area contributed by atoms with E-state index in [1.807, 2.05) is 6.07 Å². The second kappa shape index (κ2) is 13.4. The van der Waals surface area contributed by atoms with Gasteiger partial charge in [-0.1, -0.05) is 164 Å². The van der Waals surface area contributed by atoms with E-state index in [1.165, 1.54) is 33.0 Å². The summed E-state index contributed by atoms with van der Waals surface area (Å²) >= 11 is 0. The van der Waals surface area contributed by atoms with Gasteiger partial charge in [-0.2, -0.15) is 0 Å². The molecular formula is C53H37N3O. The highest BCUT2D eigenvalue weighted by Crippen LogP contribution is 2.40. The lowest BCUT2D eigenvalue weighted by Crippen LogP contribution is -2.33. The number of hydrogen-bond acceptors (Lipinski definition) is 3. The molecule has 8 aromatic carbocycles. The molecule has 0 fully saturated rings. The first-order chi connectivity index (χ1) is 28.2. The van der Waals surface area contributed by atoms with Crippen LogP contribution in [0.5, 0.6) is 0 Å². The third-order valence-corrected chi connectivity index (χ3v) is 11.5. The van der Waals surface area contributed by atoms with E-state index in [0.717, 1.165) is 72.4 Å². The van der Waals surface area contributed by atoms with Crippen molar-refractivity contribution in [2.75, 3.05) is 0 Å². The van der Waals surface area contributed by atoms with Crippen LogP contribution in [-0.4, -0.2) is 10.4 Å². The zero-order valence-corrected chi connectivity index (χ0v) is 31.4. The molecule has 1 aliphatic rings. The van der Waals surface area contributed by atoms with E-state index in [4.69, 9.17) is 9.41 Å². The third-order valence-electron chi connectivity index (χ3n) is 11.5. The molecule has 0 saturated carbocycles. The van der Waals surface area contributed by atoms with Crippen molar-refractivity contribution in [2.45, 2.75) is 13.0 Å². The van der Waals surface area contributed by atoms with Gasteiger partial charge in [0.05, 0.1) is 28.5 Å². The van der Waals surface area contributed by atoms with Crippen LogP contribution in [0.3, 0.4) is 0 Å². The molecule has 11 rings (SSSR count). The lowest BCUT2D eigenvalue weighted by molar-refractivity contribution is 0.666. The van der Waals surface area contributed by atoms with Crippen LogP contribution in [0.4, 0.5) is 0 Å². The van der Waals surface area contributed by atoms with Crippen molar-refractivity contribution >= 4 is 55.3 Å². The monoisotopic (exact) mass is 731 g/mol. The van der Waals surface area contributed by atoms with Crippen molar-refractivity contribution in [1.82, 2.24) is 9.88 Å². The average Bonchev–Trinajstić information content (AvgIpc) is 3.82. The number of para-hydroxylation sites is 2. The van der Waals surface area contributed by atoms with Gasteiger partial charge in [0.2, 0.25) is 0 Å². The Balaban J connectivity index is 0.982. The highest BCUT2D eigenvalue weighted by molar-refractivity contribution is 6.13. The van der Waals surface area contributed by atoms with Gasteiger partial charge in [0.1, 0.15) is 11.4 Å². The molecular weight excluding hydrogens is 695 g/mol. The summed E-state index contributed by atoms with van der Waals surface area (Å²) in [6.07, 6.45) is 0. The van der Waals surface area contributed by atoms with Gasteiger partial charge in [0.25, 0.3) is 0 Å². The Hall–Kier alpha value is -7.43. The van der Waals surface area contributed by atoms with Crippen LogP contribution < -0.4 is 5.32 Å². The lowest BCUT2D eigenvalue weighted by Gasteiger charge is -2.29. The molecule has 10 aromatic rings. The molecule has 2 aromatic heterocycles. The molecule has 4 heteroatoms. The number of hydrogen-bond donors (Lipinski definition) is 1. The van der Waals surface area contributed by atoms with Gasteiger partial charge in [0.15, 0.2) is 5.58 Å². The Kier molecular flexibility index (Phi) is 7.75. The molecule has 0 aliphatic carbocycles. The van der Waals surface area contributed by atoms with E-state index in [9.17, 15) is 0 Å². The first kappa shape index (κ1) is 33.0.